The van der Waals surface area contributed by atoms with Crippen molar-refractivity contribution in [3.8, 4) is 0 Å². The molecule has 1 aromatic rings. The monoisotopic (exact) mass is 303 g/mol. The Balaban J connectivity index is 2.24. The molecule has 0 bridgehead atoms. The standard InChI is InChI=1S/C12H12BrF2NO/c13-9-6-8(7-10(14)11(9)15)12(17)16-4-2-1-3-5-16/h6-7H,1-5H2. The fraction of sp³-hybridized carbons (Fsp3) is 0.417. The number of likely N-dealkylation sites (tertiary alicyclic amines) is 1. The van der Waals surface area contributed by atoms with Crippen LogP contribution in [0.5, 0.6) is 0 Å². The third kappa shape index (κ3) is 2.65. The van der Waals surface area contributed by atoms with Crippen LogP contribution in [0.15, 0.2) is 16.6 Å². The van der Waals surface area contributed by atoms with Gasteiger partial charge in [-0.25, -0.2) is 8.78 Å². The summed E-state index contributed by atoms with van der Waals surface area (Å²) in [5, 5.41) is 0. The van der Waals surface area contributed by atoms with E-state index in [9.17, 15) is 13.6 Å². The van der Waals surface area contributed by atoms with Gasteiger partial charge in [0.05, 0.1) is 4.47 Å². The number of carbonyl (C=O) groups is 1. The lowest BCUT2D eigenvalue weighted by Crippen LogP contribution is -2.35. The zero-order valence-electron chi connectivity index (χ0n) is 9.18. The van der Waals surface area contributed by atoms with Gasteiger partial charge in [-0.15, -0.1) is 0 Å². The molecule has 1 aliphatic heterocycles. The van der Waals surface area contributed by atoms with Crippen LogP contribution in [0, 0.1) is 11.6 Å². The number of hydrogen-bond acceptors (Lipinski definition) is 1. The Morgan fingerprint density at radius 3 is 2.41 bits per heavy atom. The van der Waals surface area contributed by atoms with Crippen LogP contribution >= 0.6 is 15.9 Å². The van der Waals surface area contributed by atoms with Crippen LogP contribution in [-0.2, 0) is 0 Å². The van der Waals surface area contributed by atoms with E-state index in [1.807, 2.05) is 0 Å². The van der Waals surface area contributed by atoms with Gasteiger partial charge >= 0.3 is 0 Å². The molecule has 5 heteroatoms. The molecule has 0 radical (unpaired) electrons. The van der Waals surface area contributed by atoms with Gasteiger partial charge in [0.1, 0.15) is 0 Å². The highest BCUT2D eigenvalue weighted by Crippen LogP contribution is 2.22. The summed E-state index contributed by atoms with van der Waals surface area (Å²) in [6, 6.07) is 2.28. The molecule has 0 atom stereocenters. The maximum atomic E-state index is 13.2. The SMILES string of the molecule is O=C(c1cc(F)c(F)c(Br)c1)N1CCCCC1. The Labute approximate surface area is 107 Å². The molecule has 17 heavy (non-hydrogen) atoms. The van der Waals surface area contributed by atoms with Crippen LogP contribution in [-0.4, -0.2) is 23.9 Å². The second kappa shape index (κ2) is 5.12. The van der Waals surface area contributed by atoms with Crippen molar-refractivity contribution in [3.05, 3.63) is 33.8 Å². The zero-order valence-corrected chi connectivity index (χ0v) is 10.8. The smallest absolute Gasteiger partial charge is 0.253 e. The quantitative estimate of drug-likeness (QED) is 0.729. The van der Waals surface area contributed by atoms with Gasteiger partial charge < -0.3 is 4.90 Å². The molecule has 92 valence electrons. The molecule has 0 N–H and O–H groups in total. The first-order valence-corrected chi connectivity index (χ1v) is 6.32. The van der Waals surface area contributed by atoms with Crippen LogP contribution in [0.2, 0.25) is 0 Å². The molecule has 0 saturated carbocycles. The van der Waals surface area contributed by atoms with Gasteiger partial charge in [-0.1, -0.05) is 0 Å². The van der Waals surface area contributed by atoms with Crippen LogP contribution in [0.4, 0.5) is 8.78 Å². The molecule has 1 aromatic carbocycles. The maximum absolute atomic E-state index is 13.2. The lowest BCUT2D eigenvalue weighted by Gasteiger charge is -2.26. The molecular weight excluding hydrogens is 292 g/mol. The first kappa shape index (κ1) is 12.5. The van der Waals surface area contributed by atoms with Gasteiger partial charge in [0.25, 0.3) is 5.91 Å². The van der Waals surface area contributed by atoms with Crippen molar-refractivity contribution in [2.45, 2.75) is 19.3 Å². The molecule has 0 aliphatic carbocycles. The molecule has 1 fully saturated rings. The minimum Gasteiger partial charge on any atom is -0.339 e. The van der Waals surface area contributed by atoms with Crippen molar-refractivity contribution in [1.82, 2.24) is 4.90 Å². The van der Waals surface area contributed by atoms with E-state index in [0.29, 0.717) is 13.1 Å². The lowest BCUT2D eigenvalue weighted by atomic mass is 10.1. The van der Waals surface area contributed by atoms with Gasteiger partial charge in [0.2, 0.25) is 0 Å². The topological polar surface area (TPSA) is 20.3 Å². The van der Waals surface area contributed by atoms with E-state index in [2.05, 4.69) is 15.9 Å². The van der Waals surface area contributed by atoms with Crippen molar-refractivity contribution in [3.63, 3.8) is 0 Å². The molecular formula is C12H12BrF2NO. The van der Waals surface area contributed by atoms with Crippen molar-refractivity contribution in [2.24, 2.45) is 0 Å². The third-order valence-electron chi connectivity index (χ3n) is 2.87. The van der Waals surface area contributed by atoms with Crippen molar-refractivity contribution < 1.29 is 13.6 Å². The number of carbonyl (C=O) groups excluding carboxylic acids is 1. The maximum Gasteiger partial charge on any atom is 0.253 e. The molecule has 0 spiro atoms. The zero-order chi connectivity index (χ0) is 12.4. The summed E-state index contributed by atoms with van der Waals surface area (Å²) in [7, 11) is 0. The van der Waals surface area contributed by atoms with Crippen LogP contribution in [0.25, 0.3) is 0 Å². The number of benzene rings is 1. The first-order valence-electron chi connectivity index (χ1n) is 5.53. The van der Waals surface area contributed by atoms with E-state index in [4.69, 9.17) is 0 Å². The Hall–Kier alpha value is -0.970. The second-order valence-corrected chi connectivity index (χ2v) is 4.96. The number of hydrogen-bond donors (Lipinski definition) is 0. The highest BCUT2D eigenvalue weighted by atomic mass is 79.9. The number of amides is 1. The van der Waals surface area contributed by atoms with Gasteiger partial charge in [-0.05, 0) is 47.3 Å². The predicted octanol–water partition coefficient (Wildman–Crippen LogP) is 3.35. The van der Waals surface area contributed by atoms with E-state index >= 15 is 0 Å². The van der Waals surface area contributed by atoms with Crippen molar-refractivity contribution in [2.75, 3.05) is 13.1 Å². The highest BCUT2D eigenvalue weighted by Gasteiger charge is 2.20. The average Bonchev–Trinajstić information content (AvgIpc) is 2.35. The molecule has 1 saturated heterocycles. The summed E-state index contributed by atoms with van der Waals surface area (Å²) in [5.41, 5.74) is 0.192. The molecule has 0 unspecified atom stereocenters. The largest absolute Gasteiger partial charge is 0.339 e. The predicted molar refractivity (Wildman–Crippen MR) is 63.8 cm³/mol. The Bertz CT molecular complexity index is 421. The molecule has 2 nitrogen and oxygen atoms in total. The summed E-state index contributed by atoms with van der Waals surface area (Å²) in [6.07, 6.45) is 3.05. The van der Waals surface area contributed by atoms with E-state index in [-0.39, 0.29) is 15.9 Å². The fourth-order valence-electron chi connectivity index (χ4n) is 1.96. The molecule has 1 amide bonds. The molecule has 0 aromatic heterocycles. The lowest BCUT2D eigenvalue weighted by molar-refractivity contribution is 0.0723. The summed E-state index contributed by atoms with van der Waals surface area (Å²) >= 11 is 2.90. The van der Waals surface area contributed by atoms with Crippen LogP contribution in [0.1, 0.15) is 29.6 Å². The minimum atomic E-state index is -1.00. The first-order chi connectivity index (χ1) is 8.09. The summed E-state index contributed by atoms with van der Waals surface area (Å²) in [6.45, 7) is 1.38. The fourth-order valence-corrected chi connectivity index (χ4v) is 2.39. The Kier molecular flexibility index (Phi) is 3.76. The van der Waals surface area contributed by atoms with Gasteiger partial charge in [-0.3, -0.25) is 4.79 Å². The summed E-state index contributed by atoms with van der Waals surface area (Å²) < 4.78 is 26.2. The van der Waals surface area contributed by atoms with E-state index < -0.39 is 11.6 Å². The van der Waals surface area contributed by atoms with Gasteiger partial charge in [-0.2, -0.15) is 0 Å². The highest BCUT2D eigenvalue weighted by molar-refractivity contribution is 9.10. The van der Waals surface area contributed by atoms with E-state index in [1.165, 1.54) is 6.07 Å². The normalized spacial score (nSPS) is 16.1. The number of rotatable bonds is 1. The number of halogens is 3. The van der Waals surface area contributed by atoms with Crippen LogP contribution in [0.3, 0.4) is 0 Å². The molecule has 2 rings (SSSR count). The Morgan fingerprint density at radius 1 is 1.18 bits per heavy atom. The van der Waals surface area contributed by atoms with Crippen molar-refractivity contribution in [1.29, 1.82) is 0 Å². The minimum absolute atomic E-state index is 0.0159. The van der Waals surface area contributed by atoms with Crippen molar-refractivity contribution >= 4 is 21.8 Å². The second-order valence-electron chi connectivity index (χ2n) is 4.11. The van der Waals surface area contributed by atoms with Gasteiger partial charge in [0, 0.05) is 18.7 Å². The summed E-state index contributed by atoms with van der Waals surface area (Å²) in [4.78, 5) is 13.7. The van der Waals surface area contributed by atoms with E-state index in [1.54, 1.807) is 4.90 Å². The number of nitrogens with zero attached hydrogens (tertiary/aromatic N) is 1. The van der Waals surface area contributed by atoms with E-state index in [0.717, 1.165) is 25.3 Å². The molecule has 1 aliphatic rings. The van der Waals surface area contributed by atoms with Gasteiger partial charge in [0.15, 0.2) is 11.6 Å². The number of piperidine rings is 1. The third-order valence-corrected chi connectivity index (χ3v) is 3.45. The Morgan fingerprint density at radius 2 is 1.82 bits per heavy atom. The van der Waals surface area contributed by atoms with Crippen LogP contribution < -0.4 is 0 Å². The summed E-state index contributed by atoms with van der Waals surface area (Å²) in [5.74, 6) is -2.19. The average molecular weight is 304 g/mol. The molecule has 1 heterocycles.